The lowest BCUT2D eigenvalue weighted by atomic mass is 10.2. The summed E-state index contributed by atoms with van der Waals surface area (Å²) in [6.07, 6.45) is 0. The minimum Gasteiger partial charge on any atom is -0.347 e. The van der Waals surface area contributed by atoms with E-state index in [1.807, 2.05) is 23.6 Å². The Kier molecular flexibility index (Phi) is 6.09. The Bertz CT molecular complexity index is 997. The molecule has 0 saturated carbocycles. The smallest absolute Gasteiger partial charge is 0.252 e. The van der Waals surface area contributed by atoms with Crippen LogP contribution in [0.3, 0.4) is 0 Å². The first kappa shape index (κ1) is 19.1. The zero-order valence-corrected chi connectivity index (χ0v) is 16.7. The molecule has 136 valence electrons. The first-order valence-corrected chi connectivity index (χ1v) is 11.7. The number of nitrogens with two attached hydrogens (primary N) is 1. The Labute approximate surface area is 163 Å². The first-order valence-electron chi connectivity index (χ1n) is 7.42. The second-order valence-electron chi connectivity index (χ2n) is 5.21. The van der Waals surface area contributed by atoms with Crippen LogP contribution in [-0.4, -0.2) is 19.3 Å². The number of sulfonamides is 1. The molecule has 2 heterocycles. The maximum atomic E-state index is 12.5. The standard InChI is InChI=1S/C16H15N3O3S4/c17-26(21,22)15-6-5-12(25-15)7-18-16(20)13-3-1-2-4-14(13)24-9-11-8-23-10-19-11/h1-6,8,10H,7,9H2,(H,18,20)(H2,17,21,22). The van der Waals surface area contributed by atoms with Gasteiger partial charge >= 0.3 is 0 Å². The lowest BCUT2D eigenvalue weighted by molar-refractivity contribution is 0.0948. The number of hydrogen-bond acceptors (Lipinski definition) is 7. The molecule has 3 aromatic rings. The highest BCUT2D eigenvalue weighted by Gasteiger charge is 2.14. The molecule has 0 atom stereocenters. The summed E-state index contributed by atoms with van der Waals surface area (Å²) in [7, 11) is -3.71. The molecule has 0 radical (unpaired) electrons. The van der Waals surface area contributed by atoms with E-state index >= 15 is 0 Å². The van der Waals surface area contributed by atoms with Gasteiger partial charge in [-0.25, -0.2) is 18.5 Å². The molecule has 2 aromatic heterocycles. The predicted molar refractivity (Wildman–Crippen MR) is 105 cm³/mol. The number of nitrogens with zero attached hydrogens (tertiary/aromatic N) is 1. The molecule has 26 heavy (non-hydrogen) atoms. The monoisotopic (exact) mass is 425 g/mol. The fraction of sp³-hybridized carbons (Fsp3) is 0.125. The van der Waals surface area contributed by atoms with Gasteiger partial charge in [0.1, 0.15) is 4.21 Å². The number of aromatic nitrogens is 1. The van der Waals surface area contributed by atoms with Crippen LogP contribution in [0.25, 0.3) is 0 Å². The summed E-state index contributed by atoms with van der Waals surface area (Å²) in [6.45, 7) is 0.240. The third kappa shape index (κ3) is 4.92. The van der Waals surface area contributed by atoms with E-state index in [9.17, 15) is 13.2 Å². The van der Waals surface area contributed by atoms with Crippen molar-refractivity contribution in [3.63, 3.8) is 0 Å². The molecule has 0 fully saturated rings. The largest absolute Gasteiger partial charge is 0.347 e. The minimum absolute atomic E-state index is 0.0842. The Morgan fingerprint density at radius 3 is 2.73 bits per heavy atom. The molecule has 0 saturated heterocycles. The van der Waals surface area contributed by atoms with Crippen molar-refractivity contribution in [2.75, 3.05) is 0 Å². The number of primary sulfonamides is 1. The van der Waals surface area contributed by atoms with Gasteiger partial charge < -0.3 is 5.32 Å². The number of thiazole rings is 1. The Morgan fingerprint density at radius 2 is 2.04 bits per heavy atom. The summed E-state index contributed by atoms with van der Waals surface area (Å²) in [5, 5.41) is 9.90. The quantitative estimate of drug-likeness (QED) is 0.567. The van der Waals surface area contributed by atoms with Crippen molar-refractivity contribution in [3.8, 4) is 0 Å². The number of hydrogen-bond donors (Lipinski definition) is 2. The molecule has 0 aliphatic carbocycles. The summed E-state index contributed by atoms with van der Waals surface area (Å²) < 4.78 is 22.7. The molecule has 6 nitrogen and oxygen atoms in total. The van der Waals surface area contributed by atoms with E-state index < -0.39 is 10.0 Å². The van der Waals surface area contributed by atoms with Crippen LogP contribution in [0.15, 0.2) is 56.4 Å². The van der Waals surface area contributed by atoms with Crippen LogP contribution in [0.5, 0.6) is 0 Å². The van der Waals surface area contributed by atoms with Gasteiger partial charge in [0.25, 0.3) is 5.91 Å². The predicted octanol–water partition coefficient (Wildman–Crippen LogP) is 3.07. The second-order valence-corrected chi connectivity index (χ2v) is 9.91. The molecule has 3 rings (SSSR count). The van der Waals surface area contributed by atoms with Gasteiger partial charge in [-0.1, -0.05) is 12.1 Å². The molecule has 0 aliphatic heterocycles. The van der Waals surface area contributed by atoms with Gasteiger partial charge in [0.15, 0.2) is 0 Å². The molecule has 3 N–H and O–H groups in total. The third-order valence-corrected chi connectivity index (χ3v) is 7.60. The van der Waals surface area contributed by atoms with Crippen molar-refractivity contribution < 1.29 is 13.2 Å². The minimum atomic E-state index is -3.71. The van der Waals surface area contributed by atoms with E-state index in [4.69, 9.17) is 5.14 Å². The number of carbonyl (C=O) groups is 1. The zero-order valence-electron chi connectivity index (χ0n) is 13.4. The van der Waals surface area contributed by atoms with Crippen molar-refractivity contribution in [3.05, 3.63) is 63.4 Å². The highest BCUT2D eigenvalue weighted by atomic mass is 32.2. The summed E-state index contributed by atoms with van der Waals surface area (Å²) in [5.41, 5.74) is 3.34. The van der Waals surface area contributed by atoms with E-state index in [0.717, 1.165) is 26.8 Å². The van der Waals surface area contributed by atoms with Gasteiger partial charge in [-0.2, -0.15) is 0 Å². The number of thiophene rings is 1. The summed E-state index contributed by atoms with van der Waals surface area (Å²) in [5.74, 6) is 0.480. The van der Waals surface area contributed by atoms with Crippen LogP contribution in [0, 0.1) is 0 Å². The average Bonchev–Trinajstić information content (AvgIpc) is 3.29. The lowest BCUT2D eigenvalue weighted by Crippen LogP contribution is -2.22. The summed E-state index contributed by atoms with van der Waals surface area (Å²) in [4.78, 5) is 18.4. The van der Waals surface area contributed by atoms with Gasteiger partial charge in [0, 0.05) is 20.9 Å². The van der Waals surface area contributed by atoms with Crippen LogP contribution in [-0.2, 0) is 22.3 Å². The van der Waals surface area contributed by atoms with E-state index in [1.54, 1.807) is 40.7 Å². The Morgan fingerprint density at radius 1 is 1.23 bits per heavy atom. The SMILES string of the molecule is NS(=O)(=O)c1ccc(CNC(=O)c2ccccc2SCc2cscn2)s1. The molecule has 0 spiro atoms. The molecule has 0 bridgehead atoms. The average molecular weight is 426 g/mol. The van der Waals surface area contributed by atoms with Crippen LogP contribution < -0.4 is 10.5 Å². The molecule has 0 unspecified atom stereocenters. The molecule has 10 heteroatoms. The summed E-state index contributed by atoms with van der Waals surface area (Å²) >= 11 is 4.14. The number of thioether (sulfide) groups is 1. The number of amides is 1. The summed E-state index contributed by atoms with van der Waals surface area (Å²) in [6, 6.07) is 10.5. The van der Waals surface area contributed by atoms with Crippen LogP contribution in [0.4, 0.5) is 0 Å². The number of carbonyl (C=O) groups excluding carboxylic acids is 1. The fourth-order valence-corrected chi connectivity index (χ4v) is 5.44. The second kappa shape index (κ2) is 8.31. The van der Waals surface area contributed by atoms with Crippen LogP contribution >= 0.6 is 34.4 Å². The topological polar surface area (TPSA) is 102 Å². The highest BCUT2D eigenvalue weighted by Crippen LogP contribution is 2.26. The van der Waals surface area contributed by atoms with Gasteiger partial charge in [0.2, 0.25) is 10.0 Å². The number of rotatable bonds is 7. The zero-order chi connectivity index (χ0) is 18.6. The molecular weight excluding hydrogens is 410 g/mol. The van der Waals surface area contributed by atoms with E-state index in [2.05, 4.69) is 10.3 Å². The molecule has 1 amide bonds. The third-order valence-electron chi connectivity index (χ3n) is 3.33. The van der Waals surface area contributed by atoms with E-state index in [1.165, 1.54) is 6.07 Å². The van der Waals surface area contributed by atoms with Crippen molar-refractivity contribution >= 4 is 50.4 Å². The van der Waals surface area contributed by atoms with E-state index in [-0.39, 0.29) is 16.7 Å². The van der Waals surface area contributed by atoms with Gasteiger partial charge in [-0.15, -0.1) is 34.4 Å². The van der Waals surface area contributed by atoms with E-state index in [0.29, 0.717) is 11.3 Å². The maximum Gasteiger partial charge on any atom is 0.252 e. The molecular formula is C16H15N3O3S4. The van der Waals surface area contributed by atoms with Crippen LogP contribution in [0.1, 0.15) is 20.9 Å². The maximum absolute atomic E-state index is 12.5. The molecule has 1 aromatic carbocycles. The van der Waals surface area contributed by atoms with Gasteiger partial charge in [-0.05, 0) is 24.3 Å². The fourth-order valence-electron chi connectivity index (χ4n) is 2.11. The Balaban J connectivity index is 1.65. The first-order chi connectivity index (χ1) is 12.4. The highest BCUT2D eigenvalue weighted by molar-refractivity contribution is 7.98. The van der Waals surface area contributed by atoms with Crippen molar-refractivity contribution in [1.29, 1.82) is 0 Å². The number of benzene rings is 1. The van der Waals surface area contributed by atoms with Gasteiger partial charge in [-0.3, -0.25) is 4.79 Å². The Hall–Kier alpha value is -1.72. The van der Waals surface area contributed by atoms with Crippen molar-refractivity contribution in [2.24, 2.45) is 5.14 Å². The van der Waals surface area contributed by atoms with Gasteiger partial charge in [0.05, 0.1) is 23.3 Å². The van der Waals surface area contributed by atoms with Crippen molar-refractivity contribution in [1.82, 2.24) is 10.3 Å². The molecule has 0 aliphatic rings. The van der Waals surface area contributed by atoms with Crippen LogP contribution in [0.2, 0.25) is 0 Å². The number of nitrogens with one attached hydrogen (secondary N) is 1. The lowest BCUT2D eigenvalue weighted by Gasteiger charge is -2.09. The van der Waals surface area contributed by atoms with Crippen molar-refractivity contribution in [2.45, 2.75) is 21.4 Å². The normalized spacial score (nSPS) is 11.4.